The first-order valence-electron chi connectivity index (χ1n) is 13.3. The van der Waals surface area contributed by atoms with E-state index in [9.17, 15) is 4.79 Å². The molecule has 3 heterocycles. The van der Waals surface area contributed by atoms with E-state index < -0.39 is 0 Å². The molecule has 0 bridgehead atoms. The number of hydrogen-bond donors (Lipinski definition) is 1. The van der Waals surface area contributed by atoms with Gasteiger partial charge in [-0.1, -0.05) is 88.7 Å². The number of aromatic nitrogens is 1. The van der Waals surface area contributed by atoms with E-state index in [1.54, 1.807) is 11.3 Å². The van der Waals surface area contributed by atoms with Crippen LogP contribution < -0.4 is 5.32 Å². The maximum absolute atomic E-state index is 14.7. The topological polar surface area (TPSA) is 37.3 Å². The molecule has 4 nitrogen and oxygen atoms in total. The zero-order valence-electron chi connectivity index (χ0n) is 21.6. The molecule has 6 rings (SSSR count). The van der Waals surface area contributed by atoms with Gasteiger partial charge in [-0.3, -0.25) is 4.79 Å². The van der Waals surface area contributed by atoms with Crippen LogP contribution >= 0.6 is 27.3 Å². The highest BCUT2D eigenvalue weighted by atomic mass is 79.9. The third-order valence-electron chi connectivity index (χ3n) is 7.34. The van der Waals surface area contributed by atoms with Gasteiger partial charge < -0.3 is 14.8 Å². The minimum Gasteiger partial charge on any atom is -0.338 e. The molecule has 0 spiro atoms. The third-order valence-corrected chi connectivity index (χ3v) is 8.56. The summed E-state index contributed by atoms with van der Waals surface area (Å²) in [4.78, 5) is 16.8. The summed E-state index contributed by atoms with van der Waals surface area (Å²) in [6.07, 6.45) is 2.99. The number of hydrogen-bond acceptors (Lipinski definition) is 3. The molecular formula is C33H30BrN3OS. The predicted molar refractivity (Wildman–Crippen MR) is 164 cm³/mol. The van der Waals surface area contributed by atoms with Gasteiger partial charge in [0.25, 0.3) is 5.91 Å². The number of amides is 1. The Kier molecular flexibility index (Phi) is 7.77. The molecule has 1 aliphatic heterocycles. The van der Waals surface area contributed by atoms with Crippen molar-refractivity contribution in [2.24, 2.45) is 0 Å². The van der Waals surface area contributed by atoms with Crippen molar-refractivity contribution in [2.75, 3.05) is 19.6 Å². The van der Waals surface area contributed by atoms with Crippen molar-refractivity contribution in [3.63, 3.8) is 0 Å². The van der Waals surface area contributed by atoms with Gasteiger partial charge in [0, 0.05) is 54.0 Å². The lowest BCUT2D eigenvalue weighted by molar-refractivity contribution is 0.0626. The van der Waals surface area contributed by atoms with Gasteiger partial charge in [-0.2, -0.15) is 11.3 Å². The average molecular weight is 597 g/mol. The number of carbonyl (C=O) groups excluding carboxylic acids is 1. The van der Waals surface area contributed by atoms with Crippen molar-refractivity contribution >= 4 is 33.2 Å². The molecule has 1 fully saturated rings. The molecule has 3 aromatic carbocycles. The molecule has 6 heteroatoms. The summed E-state index contributed by atoms with van der Waals surface area (Å²) in [5.74, 6) is 0.0905. The highest BCUT2D eigenvalue weighted by molar-refractivity contribution is 9.10. The summed E-state index contributed by atoms with van der Waals surface area (Å²) in [6.45, 7) is 2.90. The highest BCUT2D eigenvalue weighted by Gasteiger charge is 2.33. The van der Waals surface area contributed by atoms with Crippen LogP contribution in [0, 0.1) is 0 Å². The van der Waals surface area contributed by atoms with E-state index >= 15 is 0 Å². The van der Waals surface area contributed by atoms with E-state index in [-0.39, 0.29) is 11.9 Å². The number of benzene rings is 3. The van der Waals surface area contributed by atoms with Crippen molar-refractivity contribution in [3.05, 3.63) is 129 Å². The van der Waals surface area contributed by atoms with Crippen LogP contribution in [-0.4, -0.2) is 41.1 Å². The molecule has 1 saturated heterocycles. The molecule has 0 radical (unpaired) electrons. The van der Waals surface area contributed by atoms with Crippen LogP contribution in [0.4, 0.5) is 0 Å². The fourth-order valence-electron chi connectivity index (χ4n) is 5.49. The molecule has 1 aliphatic rings. The first-order chi connectivity index (χ1) is 19.2. The molecule has 1 atom stereocenters. The minimum absolute atomic E-state index is 0.0797. The summed E-state index contributed by atoms with van der Waals surface area (Å²) >= 11 is 5.34. The zero-order valence-corrected chi connectivity index (χ0v) is 24.0. The first-order valence-corrected chi connectivity index (χ1v) is 15.0. The van der Waals surface area contributed by atoms with E-state index in [1.165, 1.54) is 11.1 Å². The maximum Gasteiger partial charge on any atom is 0.271 e. The van der Waals surface area contributed by atoms with Gasteiger partial charge in [-0.25, -0.2) is 0 Å². The quantitative estimate of drug-likeness (QED) is 0.213. The van der Waals surface area contributed by atoms with Gasteiger partial charge in [-0.05, 0) is 57.6 Å². The Morgan fingerprint density at radius 1 is 0.923 bits per heavy atom. The van der Waals surface area contributed by atoms with E-state index in [0.717, 1.165) is 51.9 Å². The van der Waals surface area contributed by atoms with Crippen molar-refractivity contribution in [1.82, 2.24) is 14.8 Å². The van der Waals surface area contributed by atoms with Gasteiger partial charge >= 0.3 is 0 Å². The van der Waals surface area contributed by atoms with Gasteiger partial charge in [-0.15, -0.1) is 0 Å². The Morgan fingerprint density at radius 2 is 1.69 bits per heavy atom. The lowest BCUT2D eigenvalue weighted by atomic mass is 9.95. The Morgan fingerprint density at radius 3 is 2.44 bits per heavy atom. The van der Waals surface area contributed by atoms with Crippen molar-refractivity contribution in [2.45, 2.75) is 19.0 Å². The number of halogens is 1. The molecule has 196 valence electrons. The van der Waals surface area contributed by atoms with Crippen molar-refractivity contribution in [1.29, 1.82) is 0 Å². The standard InChI is InChI=1S/C33H30BrN3OS/c34-28-13-7-12-27(19-28)30-22-36(21-25-14-17-39-23-25)32(31(30)26-10-5-2-6-11-26)33(38)37-16-15-35-20-29(37)18-24-8-3-1-4-9-24/h1-14,17,19,22-23,29,35H,15-16,18,20-21H2/t29-/m1/s1. The van der Waals surface area contributed by atoms with E-state index in [0.29, 0.717) is 13.1 Å². The molecule has 39 heavy (non-hydrogen) atoms. The molecule has 1 amide bonds. The second kappa shape index (κ2) is 11.7. The highest BCUT2D eigenvalue weighted by Crippen LogP contribution is 2.39. The summed E-state index contributed by atoms with van der Waals surface area (Å²) in [7, 11) is 0. The SMILES string of the molecule is O=C(c1c(-c2ccccc2)c(-c2cccc(Br)c2)cn1Cc1ccsc1)N1CCNC[C@H]1Cc1ccccc1. The fraction of sp³-hybridized carbons (Fsp3) is 0.182. The van der Waals surface area contributed by atoms with Gasteiger partial charge in [0.05, 0.1) is 0 Å². The number of carbonyl (C=O) groups is 1. The average Bonchev–Trinajstić information content (AvgIpc) is 3.62. The number of thiophene rings is 1. The van der Waals surface area contributed by atoms with Gasteiger partial charge in [0.2, 0.25) is 0 Å². The smallest absolute Gasteiger partial charge is 0.271 e. The Balaban J connectivity index is 1.50. The molecule has 2 aromatic heterocycles. The molecule has 0 aliphatic carbocycles. The summed E-state index contributed by atoms with van der Waals surface area (Å²) in [5.41, 5.74) is 7.39. The molecule has 5 aromatic rings. The number of rotatable bonds is 7. The van der Waals surface area contributed by atoms with Crippen LogP contribution in [0.15, 0.2) is 112 Å². The van der Waals surface area contributed by atoms with Crippen LogP contribution in [0.25, 0.3) is 22.3 Å². The van der Waals surface area contributed by atoms with Crippen LogP contribution in [0.3, 0.4) is 0 Å². The first kappa shape index (κ1) is 25.8. The second-order valence-corrected chi connectivity index (χ2v) is 11.6. The lowest BCUT2D eigenvalue weighted by Gasteiger charge is -2.37. The van der Waals surface area contributed by atoms with E-state index in [2.05, 4.69) is 108 Å². The third kappa shape index (κ3) is 5.64. The van der Waals surface area contributed by atoms with Gasteiger partial charge in [0.1, 0.15) is 5.69 Å². The zero-order chi connectivity index (χ0) is 26.6. The molecule has 1 N–H and O–H groups in total. The monoisotopic (exact) mass is 595 g/mol. The van der Waals surface area contributed by atoms with Crippen LogP contribution in [0.1, 0.15) is 21.6 Å². The fourth-order valence-corrected chi connectivity index (χ4v) is 6.55. The largest absolute Gasteiger partial charge is 0.338 e. The molecule has 0 saturated carbocycles. The van der Waals surface area contributed by atoms with Gasteiger partial charge in [0.15, 0.2) is 0 Å². The second-order valence-electron chi connectivity index (χ2n) is 9.95. The Labute approximate surface area is 242 Å². The van der Waals surface area contributed by atoms with E-state index in [4.69, 9.17) is 0 Å². The maximum atomic E-state index is 14.7. The minimum atomic E-state index is 0.0797. The van der Waals surface area contributed by atoms with Crippen LogP contribution in [0.5, 0.6) is 0 Å². The number of piperazine rings is 1. The Bertz CT molecular complexity index is 1550. The van der Waals surface area contributed by atoms with E-state index in [1.807, 2.05) is 30.3 Å². The molecular weight excluding hydrogens is 566 g/mol. The summed E-state index contributed by atoms with van der Waals surface area (Å²) in [6, 6.07) is 31.4. The number of nitrogens with one attached hydrogen (secondary N) is 1. The summed E-state index contributed by atoms with van der Waals surface area (Å²) < 4.78 is 3.19. The summed E-state index contributed by atoms with van der Waals surface area (Å²) in [5, 5.41) is 7.78. The van der Waals surface area contributed by atoms with Crippen LogP contribution in [-0.2, 0) is 13.0 Å². The lowest BCUT2D eigenvalue weighted by Crippen LogP contribution is -2.54. The van der Waals surface area contributed by atoms with Crippen molar-refractivity contribution in [3.8, 4) is 22.3 Å². The van der Waals surface area contributed by atoms with Crippen LogP contribution in [0.2, 0.25) is 0 Å². The normalized spacial score (nSPS) is 15.4. The number of nitrogens with zero attached hydrogens (tertiary/aromatic N) is 2. The molecule has 0 unspecified atom stereocenters. The predicted octanol–water partition coefficient (Wildman–Crippen LogP) is 7.35. The van der Waals surface area contributed by atoms with Crippen molar-refractivity contribution < 1.29 is 4.79 Å². The Hall–Kier alpha value is -3.45.